The summed E-state index contributed by atoms with van der Waals surface area (Å²) in [6.07, 6.45) is 6.82. The highest BCUT2D eigenvalue weighted by Gasteiger charge is 2.36. The molecule has 0 radical (unpaired) electrons. The van der Waals surface area contributed by atoms with Gasteiger partial charge in [0.15, 0.2) is 5.76 Å². The Hall–Kier alpha value is -2.36. The lowest BCUT2D eigenvalue weighted by Gasteiger charge is -2.04. The van der Waals surface area contributed by atoms with Gasteiger partial charge in [-0.25, -0.2) is 0 Å². The summed E-state index contributed by atoms with van der Waals surface area (Å²) in [4.78, 5) is 12.1. The molecule has 4 nitrogen and oxygen atoms in total. The molecule has 0 spiro atoms. The highest BCUT2D eigenvalue weighted by atomic mass is 16.5. The van der Waals surface area contributed by atoms with E-state index in [9.17, 15) is 4.79 Å². The van der Waals surface area contributed by atoms with Crippen molar-refractivity contribution in [3.8, 4) is 11.3 Å². The zero-order valence-electron chi connectivity index (χ0n) is 13.0. The fraction of sp³-hybridized carbons (Fsp3) is 0.368. The predicted molar refractivity (Wildman–Crippen MR) is 87.3 cm³/mol. The number of carbonyl (C=O) groups excluding carboxylic acids is 1. The Kier molecular flexibility index (Phi) is 3.74. The van der Waals surface area contributed by atoms with Crippen LogP contribution < -0.4 is 5.32 Å². The Bertz CT molecular complexity index is 711. The zero-order chi connectivity index (χ0) is 15.6. The van der Waals surface area contributed by atoms with E-state index in [2.05, 4.69) is 10.5 Å². The molecule has 2 saturated carbocycles. The second kappa shape index (κ2) is 6.03. The van der Waals surface area contributed by atoms with Gasteiger partial charge in [-0.15, -0.1) is 0 Å². The molecule has 118 valence electrons. The van der Waals surface area contributed by atoms with E-state index in [1.165, 1.54) is 31.3 Å². The summed E-state index contributed by atoms with van der Waals surface area (Å²) >= 11 is 0. The third-order valence-corrected chi connectivity index (χ3v) is 4.46. The summed E-state index contributed by atoms with van der Waals surface area (Å²) in [5.41, 5.74) is 3.17. The SMILES string of the molecule is O=C(C=C(C1CC1)C1CC1)NCc1cc(-c2ccccc2)no1. The molecule has 0 saturated heterocycles. The molecule has 1 aromatic heterocycles. The van der Waals surface area contributed by atoms with Crippen LogP contribution in [0.1, 0.15) is 31.4 Å². The summed E-state index contributed by atoms with van der Waals surface area (Å²) in [6, 6.07) is 11.7. The average Bonchev–Trinajstić information content (AvgIpc) is 3.50. The van der Waals surface area contributed by atoms with Crippen molar-refractivity contribution in [3.63, 3.8) is 0 Å². The van der Waals surface area contributed by atoms with E-state index < -0.39 is 0 Å². The van der Waals surface area contributed by atoms with Crippen LogP contribution in [0.25, 0.3) is 11.3 Å². The Morgan fingerprint density at radius 1 is 1.17 bits per heavy atom. The standard InChI is InChI=1S/C19H20N2O2/c22-19(11-17(13-6-7-13)14-8-9-14)20-12-16-10-18(21-23-16)15-4-2-1-3-5-15/h1-5,10-11,13-14H,6-9,12H2,(H,20,22). The first-order valence-electron chi connectivity index (χ1n) is 8.30. The number of amides is 1. The van der Waals surface area contributed by atoms with Crippen LogP contribution in [0.5, 0.6) is 0 Å². The number of rotatable bonds is 6. The Morgan fingerprint density at radius 3 is 2.52 bits per heavy atom. The van der Waals surface area contributed by atoms with Crippen LogP contribution in [0.4, 0.5) is 0 Å². The molecule has 4 rings (SSSR count). The smallest absolute Gasteiger partial charge is 0.244 e. The number of nitrogens with zero attached hydrogens (tertiary/aromatic N) is 1. The van der Waals surface area contributed by atoms with Crippen LogP contribution in [-0.2, 0) is 11.3 Å². The van der Waals surface area contributed by atoms with Crippen LogP contribution in [0, 0.1) is 11.8 Å². The third-order valence-electron chi connectivity index (χ3n) is 4.46. The molecule has 1 aromatic carbocycles. The number of hydrogen-bond donors (Lipinski definition) is 1. The van der Waals surface area contributed by atoms with Crippen molar-refractivity contribution in [1.29, 1.82) is 0 Å². The molecular formula is C19H20N2O2. The minimum absolute atomic E-state index is 0.0172. The van der Waals surface area contributed by atoms with Gasteiger partial charge in [0, 0.05) is 17.7 Å². The van der Waals surface area contributed by atoms with Gasteiger partial charge in [0.1, 0.15) is 5.69 Å². The molecule has 2 aliphatic rings. The van der Waals surface area contributed by atoms with Gasteiger partial charge in [-0.05, 0) is 37.5 Å². The largest absolute Gasteiger partial charge is 0.359 e. The van der Waals surface area contributed by atoms with E-state index >= 15 is 0 Å². The number of aromatic nitrogens is 1. The maximum atomic E-state index is 12.1. The molecule has 0 atom stereocenters. The second-order valence-electron chi connectivity index (χ2n) is 6.46. The second-order valence-corrected chi connectivity index (χ2v) is 6.46. The van der Waals surface area contributed by atoms with Crippen molar-refractivity contribution < 1.29 is 9.32 Å². The van der Waals surface area contributed by atoms with Gasteiger partial charge in [0.05, 0.1) is 6.54 Å². The van der Waals surface area contributed by atoms with E-state index in [-0.39, 0.29) is 5.91 Å². The first-order valence-corrected chi connectivity index (χ1v) is 8.30. The molecule has 2 aromatic rings. The van der Waals surface area contributed by atoms with Crippen molar-refractivity contribution in [1.82, 2.24) is 10.5 Å². The van der Waals surface area contributed by atoms with Crippen molar-refractivity contribution in [2.75, 3.05) is 0 Å². The molecule has 0 unspecified atom stereocenters. The van der Waals surface area contributed by atoms with Gasteiger partial charge in [0.25, 0.3) is 0 Å². The lowest BCUT2D eigenvalue weighted by atomic mass is 10.1. The van der Waals surface area contributed by atoms with Crippen molar-refractivity contribution in [2.24, 2.45) is 11.8 Å². The number of allylic oxidation sites excluding steroid dienone is 1. The Balaban J connectivity index is 1.36. The molecule has 1 amide bonds. The minimum Gasteiger partial charge on any atom is -0.359 e. The molecule has 4 heteroatoms. The fourth-order valence-corrected chi connectivity index (χ4v) is 2.92. The van der Waals surface area contributed by atoms with E-state index in [0.717, 1.165) is 11.3 Å². The Labute approximate surface area is 135 Å². The number of carbonyl (C=O) groups is 1. The summed E-state index contributed by atoms with van der Waals surface area (Å²) in [5.74, 6) is 1.99. The number of hydrogen-bond acceptors (Lipinski definition) is 3. The van der Waals surface area contributed by atoms with Gasteiger partial charge in [-0.1, -0.05) is 41.1 Å². The number of benzene rings is 1. The number of nitrogens with one attached hydrogen (secondary N) is 1. The van der Waals surface area contributed by atoms with Crippen LogP contribution in [0.15, 0.2) is 52.6 Å². The molecule has 2 aliphatic carbocycles. The molecule has 2 fully saturated rings. The molecule has 0 aliphatic heterocycles. The van der Waals surface area contributed by atoms with Crippen LogP contribution in [0.2, 0.25) is 0 Å². The van der Waals surface area contributed by atoms with Crippen LogP contribution in [-0.4, -0.2) is 11.1 Å². The quantitative estimate of drug-likeness (QED) is 0.828. The van der Waals surface area contributed by atoms with Crippen molar-refractivity contribution in [2.45, 2.75) is 32.2 Å². The molecule has 0 bridgehead atoms. The van der Waals surface area contributed by atoms with Crippen LogP contribution >= 0.6 is 0 Å². The van der Waals surface area contributed by atoms with Crippen molar-refractivity contribution in [3.05, 3.63) is 53.8 Å². The molecule has 23 heavy (non-hydrogen) atoms. The maximum Gasteiger partial charge on any atom is 0.244 e. The lowest BCUT2D eigenvalue weighted by Crippen LogP contribution is -2.21. The summed E-state index contributed by atoms with van der Waals surface area (Å²) in [6.45, 7) is 0.373. The normalized spacial score (nSPS) is 16.9. The summed E-state index contributed by atoms with van der Waals surface area (Å²) < 4.78 is 5.31. The first-order chi connectivity index (χ1) is 11.3. The van der Waals surface area contributed by atoms with Gasteiger partial charge in [-0.3, -0.25) is 4.79 Å². The van der Waals surface area contributed by atoms with Gasteiger partial charge >= 0.3 is 0 Å². The average molecular weight is 308 g/mol. The van der Waals surface area contributed by atoms with E-state index in [0.29, 0.717) is 24.1 Å². The maximum absolute atomic E-state index is 12.1. The summed E-state index contributed by atoms with van der Waals surface area (Å²) in [7, 11) is 0. The van der Waals surface area contributed by atoms with E-state index in [1.807, 2.05) is 42.5 Å². The molecule has 1 heterocycles. The monoisotopic (exact) mass is 308 g/mol. The zero-order valence-corrected chi connectivity index (χ0v) is 13.0. The van der Waals surface area contributed by atoms with Crippen molar-refractivity contribution >= 4 is 5.91 Å². The lowest BCUT2D eigenvalue weighted by molar-refractivity contribution is -0.116. The van der Waals surface area contributed by atoms with Gasteiger partial charge in [0.2, 0.25) is 5.91 Å². The highest BCUT2D eigenvalue weighted by Crippen LogP contribution is 2.48. The highest BCUT2D eigenvalue weighted by molar-refractivity contribution is 5.88. The van der Waals surface area contributed by atoms with E-state index in [1.54, 1.807) is 0 Å². The van der Waals surface area contributed by atoms with E-state index in [4.69, 9.17) is 4.52 Å². The molecular weight excluding hydrogens is 288 g/mol. The third kappa shape index (κ3) is 3.52. The summed E-state index contributed by atoms with van der Waals surface area (Å²) in [5, 5.41) is 6.97. The minimum atomic E-state index is -0.0172. The van der Waals surface area contributed by atoms with Crippen LogP contribution in [0.3, 0.4) is 0 Å². The van der Waals surface area contributed by atoms with Gasteiger partial charge in [-0.2, -0.15) is 0 Å². The Morgan fingerprint density at radius 2 is 1.87 bits per heavy atom. The van der Waals surface area contributed by atoms with Gasteiger partial charge < -0.3 is 9.84 Å². The molecule has 1 N–H and O–H groups in total. The predicted octanol–water partition coefficient (Wildman–Crippen LogP) is 3.70. The fourth-order valence-electron chi connectivity index (χ4n) is 2.92. The topological polar surface area (TPSA) is 55.1 Å². The first kappa shape index (κ1) is 14.2.